The number of allylic oxidation sites excluding steroid dienone is 2. The molecule has 0 spiro atoms. The minimum absolute atomic E-state index is 0.177. The zero-order valence-corrected chi connectivity index (χ0v) is 19.2. The summed E-state index contributed by atoms with van der Waals surface area (Å²) in [5.74, 6) is 0.166. The maximum absolute atomic E-state index is 13.4. The highest BCUT2D eigenvalue weighted by Gasteiger charge is 2.36. The second-order valence-electron chi connectivity index (χ2n) is 8.12. The smallest absolute Gasteiger partial charge is 0.243 e. The summed E-state index contributed by atoms with van der Waals surface area (Å²) in [7, 11) is -3.79. The zero-order valence-electron chi connectivity index (χ0n) is 17.7. The molecule has 1 heterocycles. The molecule has 1 aromatic carbocycles. The van der Waals surface area contributed by atoms with Crippen LogP contribution in [0.1, 0.15) is 59.3 Å². The number of hydrogen-bond acceptors (Lipinski definition) is 3. The van der Waals surface area contributed by atoms with Gasteiger partial charge in [-0.3, -0.25) is 4.79 Å². The fourth-order valence-electron chi connectivity index (χ4n) is 3.53. The number of sulfonamides is 1. The van der Waals surface area contributed by atoms with Crippen LogP contribution in [0.15, 0.2) is 40.8 Å². The van der Waals surface area contributed by atoms with Crippen molar-refractivity contribution in [2.45, 2.75) is 70.2 Å². The lowest BCUT2D eigenvalue weighted by molar-refractivity contribution is -0.124. The van der Waals surface area contributed by atoms with Gasteiger partial charge in [-0.1, -0.05) is 30.2 Å². The summed E-state index contributed by atoms with van der Waals surface area (Å²) in [4.78, 5) is 12.8. The van der Waals surface area contributed by atoms with E-state index in [0.717, 1.165) is 25.7 Å². The predicted octanol–water partition coefficient (Wildman–Crippen LogP) is 4.77. The van der Waals surface area contributed by atoms with Crippen molar-refractivity contribution in [2.24, 2.45) is 5.92 Å². The summed E-state index contributed by atoms with van der Waals surface area (Å²) in [6, 6.07) is 5.50. The van der Waals surface area contributed by atoms with Crippen LogP contribution < -0.4 is 5.32 Å². The van der Waals surface area contributed by atoms with Gasteiger partial charge in [-0.15, -0.1) is 0 Å². The van der Waals surface area contributed by atoms with Crippen molar-refractivity contribution in [1.29, 1.82) is 0 Å². The molecule has 7 heteroatoms. The van der Waals surface area contributed by atoms with Gasteiger partial charge in [0.2, 0.25) is 15.9 Å². The number of nitrogens with one attached hydrogen (secondary N) is 1. The number of benzene rings is 1. The summed E-state index contributed by atoms with van der Waals surface area (Å²) < 4.78 is 28.2. The van der Waals surface area contributed by atoms with Gasteiger partial charge in [0.05, 0.1) is 4.90 Å². The monoisotopic (exact) mass is 440 g/mol. The minimum Gasteiger partial charge on any atom is -0.355 e. The van der Waals surface area contributed by atoms with Gasteiger partial charge in [0, 0.05) is 18.1 Å². The standard InChI is InChI=1S/C22H33ClN2O3S/c1-17(2)7-6-8-18(3)14-16-25(21-9-4-5-15-24-22(21)26)29(27,28)20-12-10-19(23)11-13-20/h7,10-13,18,21H,4-6,8-9,14-16H2,1-3H3,(H,24,26)/t18-,21-/m1/s1. The molecule has 1 amide bonds. The average Bonchev–Trinajstić information content (AvgIpc) is 2.86. The summed E-state index contributed by atoms with van der Waals surface area (Å²) in [5.41, 5.74) is 1.29. The molecule has 5 nitrogen and oxygen atoms in total. The summed E-state index contributed by atoms with van der Waals surface area (Å²) in [6.45, 7) is 7.23. The van der Waals surface area contributed by atoms with E-state index < -0.39 is 16.1 Å². The third-order valence-corrected chi connectivity index (χ3v) is 7.50. The first-order valence-corrected chi connectivity index (χ1v) is 12.2. The zero-order chi connectivity index (χ0) is 21.4. The Hall–Kier alpha value is -1.37. The Balaban J connectivity index is 2.22. The molecule has 0 radical (unpaired) electrons. The van der Waals surface area contributed by atoms with Crippen LogP contribution in [0.25, 0.3) is 0 Å². The van der Waals surface area contributed by atoms with Crippen LogP contribution in [-0.2, 0) is 14.8 Å². The number of halogens is 1. The van der Waals surface area contributed by atoms with E-state index in [0.29, 0.717) is 36.9 Å². The Morgan fingerprint density at radius 2 is 1.93 bits per heavy atom. The summed E-state index contributed by atoms with van der Waals surface area (Å²) >= 11 is 5.93. The molecule has 1 aliphatic rings. The molecule has 0 aromatic heterocycles. The van der Waals surface area contributed by atoms with E-state index in [-0.39, 0.29) is 10.8 Å². The largest absolute Gasteiger partial charge is 0.355 e. The lowest BCUT2D eigenvalue weighted by Gasteiger charge is -2.30. The Labute approximate surface area is 180 Å². The maximum atomic E-state index is 13.4. The molecule has 2 atom stereocenters. The molecule has 0 unspecified atom stereocenters. The fourth-order valence-corrected chi connectivity index (χ4v) is 5.29. The number of carbonyl (C=O) groups is 1. The van der Waals surface area contributed by atoms with Gasteiger partial charge < -0.3 is 5.32 Å². The number of nitrogens with zero attached hydrogens (tertiary/aromatic N) is 1. The first kappa shape index (κ1) is 23.9. The molecule has 29 heavy (non-hydrogen) atoms. The highest BCUT2D eigenvalue weighted by molar-refractivity contribution is 7.89. The topological polar surface area (TPSA) is 66.5 Å². The molecule has 1 saturated heterocycles. The lowest BCUT2D eigenvalue weighted by Crippen LogP contribution is -2.49. The van der Waals surface area contributed by atoms with Crippen LogP contribution in [0.5, 0.6) is 0 Å². The van der Waals surface area contributed by atoms with Crippen molar-refractivity contribution in [3.63, 3.8) is 0 Å². The third-order valence-electron chi connectivity index (χ3n) is 5.33. The van der Waals surface area contributed by atoms with Crippen molar-refractivity contribution in [3.8, 4) is 0 Å². The van der Waals surface area contributed by atoms with Crippen molar-refractivity contribution >= 4 is 27.5 Å². The van der Waals surface area contributed by atoms with E-state index in [1.807, 2.05) is 0 Å². The SMILES string of the molecule is CC(C)=CCC[C@@H](C)CCN([C@@H]1CCCCNC1=O)S(=O)(=O)c1ccc(Cl)cc1. The van der Waals surface area contributed by atoms with Crippen molar-refractivity contribution in [3.05, 3.63) is 40.9 Å². The summed E-state index contributed by atoms with van der Waals surface area (Å²) in [5, 5.41) is 3.35. The van der Waals surface area contributed by atoms with E-state index in [9.17, 15) is 13.2 Å². The highest BCUT2D eigenvalue weighted by Crippen LogP contribution is 2.25. The number of hydrogen-bond donors (Lipinski definition) is 1. The lowest BCUT2D eigenvalue weighted by atomic mass is 10.0. The first-order valence-electron chi connectivity index (χ1n) is 10.4. The molecule has 0 saturated carbocycles. The van der Waals surface area contributed by atoms with Crippen molar-refractivity contribution < 1.29 is 13.2 Å². The van der Waals surface area contributed by atoms with Gasteiger partial charge in [0.15, 0.2) is 0 Å². The van der Waals surface area contributed by atoms with Gasteiger partial charge in [0.1, 0.15) is 6.04 Å². The molecular formula is C22H33ClN2O3S. The molecule has 1 fully saturated rings. The number of amides is 1. The normalized spacial score (nSPS) is 18.8. The Kier molecular flexibility index (Phi) is 9.18. The molecule has 2 rings (SSSR count). The van der Waals surface area contributed by atoms with Crippen LogP contribution in [0.3, 0.4) is 0 Å². The van der Waals surface area contributed by atoms with Gasteiger partial charge in [-0.25, -0.2) is 8.42 Å². The van der Waals surface area contributed by atoms with Crippen LogP contribution in [0.4, 0.5) is 0 Å². The van der Waals surface area contributed by atoms with Crippen LogP contribution >= 0.6 is 11.6 Å². The molecule has 1 aromatic rings. The van der Waals surface area contributed by atoms with Crippen molar-refractivity contribution in [1.82, 2.24) is 9.62 Å². The second-order valence-corrected chi connectivity index (χ2v) is 10.5. The fraction of sp³-hybridized carbons (Fsp3) is 0.591. The van der Waals surface area contributed by atoms with Crippen LogP contribution in [0, 0.1) is 5.92 Å². The maximum Gasteiger partial charge on any atom is 0.243 e. The Bertz CT molecular complexity index is 802. The van der Waals surface area contributed by atoms with Crippen LogP contribution in [-0.4, -0.2) is 37.8 Å². The Morgan fingerprint density at radius 3 is 2.59 bits per heavy atom. The number of rotatable bonds is 9. The second kappa shape index (κ2) is 11.1. The molecular weight excluding hydrogens is 408 g/mol. The third kappa shape index (κ3) is 7.12. The average molecular weight is 441 g/mol. The van der Waals surface area contributed by atoms with Gasteiger partial charge >= 0.3 is 0 Å². The van der Waals surface area contributed by atoms with Crippen LogP contribution in [0.2, 0.25) is 5.02 Å². The predicted molar refractivity (Wildman–Crippen MR) is 118 cm³/mol. The van der Waals surface area contributed by atoms with E-state index >= 15 is 0 Å². The molecule has 0 aliphatic carbocycles. The van der Waals surface area contributed by atoms with E-state index in [1.54, 1.807) is 12.1 Å². The molecule has 1 aliphatic heterocycles. The molecule has 162 valence electrons. The van der Waals surface area contributed by atoms with E-state index in [1.165, 1.54) is 22.0 Å². The van der Waals surface area contributed by atoms with Gasteiger partial charge in [0.25, 0.3) is 0 Å². The van der Waals surface area contributed by atoms with Crippen molar-refractivity contribution in [2.75, 3.05) is 13.1 Å². The Morgan fingerprint density at radius 1 is 1.24 bits per heavy atom. The van der Waals surface area contributed by atoms with Gasteiger partial charge in [-0.05, 0) is 82.6 Å². The highest BCUT2D eigenvalue weighted by atomic mass is 35.5. The minimum atomic E-state index is -3.79. The quantitative estimate of drug-likeness (QED) is 0.562. The van der Waals surface area contributed by atoms with E-state index in [4.69, 9.17) is 11.6 Å². The molecule has 0 bridgehead atoms. The summed E-state index contributed by atoms with van der Waals surface area (Å²) in [6.07, 6.45) is 7.14. The van der Waals surface area contributed by atoms with Gasteiger partial charge in [-0.2, -0.15) is 4.31 Å². The number of carbonyl (C=O) groups excluding carboxylic acids is 1. The molecule has 1 N–H and O–H groups in total. The van der Waals surface area contributed by atoms with E-state index in [2.05, 4.69) is 32.2 Å². The first-order chi connectivity index (χ1) is 13.7.